The van der Waals surface area contributed by atoms with Gasteiger partial charge in [-0.3, -0.25) is 0 Å². The maximum absolute atomic E-state index is 11.7. The van der Waals surface area contributed by atoms with Crippen LogP contribution >= 0.6 is 15.9 Å². The molecule has 1 fully saturated rings. The number of ether oxygens (including phenoxy) is 2. The summed E-state index contributed by atoms with van der Waals surface area (Å²) in [6.07, 6.45) is 1.49. The highest BCUT2D eigenvalue weighted by atomic mass is 79.9. The van der Waals surface area contributed by atoms with Gasteiger partial charge in [-0.2, -0.15) is 0 Å². The summed E-state index contributed by atoms with van der Waals surface area (Å²) in [5.41, 5.74) is 0.334. The Balaban J connectivity index is 1.97. The number of hydrogen-bond acceptors (Lipinski definition) is 4. The Morgan fingerprint density at radius 1 is 1.44 bits per heavy atom. The van der Waals surface area contributed by atoms with E-state index < -0.39 is 0 Å². The van der Waals surface area contributed by atoms with Crippen LogP contribution in [0.25, 0.3) is 0 Å². The predicted molar refractivity (Wildman–Crippen MR) is 61.2 cm³/mol. The zero-order chi connectivity index (χ0) is 11.4. The van der Waals surface area contributed by atoms with Crippen LogP contribution in [0, 0.1) is 0 Å². The Hall–Kier alpha value is -0.940. The number of hydrogen-bond donors (Lipinski definition) is 0. The molecule has 1 aliphatic rings. The first-order valence-electron chi connectivity index (χ1n) is 5.17. The SMILES string of the molecule is O=C(OC1CCOCC1)c1cccc(Br)n1. The van der Waals surface area contributed by atoms with E-state index in [2.05, 4.69) is 20.9 Å². The lowest BCUT2D eigenvalue weighted by Crippen LogP contribution is -2.26. The standard InChI is InChI=1S/C11H12BrNO3/c12-10-3-1-2-9(13-10)11(14)16-8-4-6-15-7-5-8/h1-3,8H,4-7H2. The van der Waals surface area contributed by atoms with E-state index in [1.54, 1.807) is 18.2 Å². The van der Waals surface area contributed by atoms with Gasteiger partial charge in [0.05, 0.1) is 13.2 Å². The molecule has 86 valence electrons. The van der Waals surface area contributed by atoms with Crippen molar-refractivity contribution in [3.8, 4) is 0 Å². The second-order valence-electron chi connectivity index (χ2n) is 3.56. The first kappa shape index (κ1) is 11.5. The molecule has 0 amide bonds. The van der Waals surface area contributed by atoms with Crippen molar-refractivity contribution in [3.63, 3.8) is 0 Å². The lowest BCUT2D eigenvalue weighted by atomic mass is 10.1. The first-order chi connectivity index (χ1) is 7.75. The summed E-state index contributed by atoms with van der Waals surface area (Å²) in [4.78, 5) is 15.8. The van der Waals surface area contributed by atoms with Crippen LogP contribution in [-0.2, 0) is 9.47 Å². The van der Waals surface area contributed by atoms with Crippen molar-refractivity contribution < 1.29 is 14.3 Å². The summed E-state index contributed by atoms with van der Waals surface area (Å²) in [5.74, 6) is -0.367. The number of nitrogens with zero attached hydrogens (tertiary/aromatic N) is 1. The monoisotopic (exact) mass is 285 g/mol. The normalized spacial score (nSPS) is 17.1. The molecule has 0 N–H and O–H groups in total. The number of carbonyl (C=O) groups excluding carboxylic acids is 1. The molecule has 0 radical (unpaired) electrons. The van der Waals surface area contributed by atoms with Gasteiger partial charge in [-0.1, -0.05) is 6.07 Å². The molecule has 0 bridgehead atoms. The zero-order valence-corrected chi connectivity index (χ0v) is 10.3. The Morgan fingerprint density at radius 2 is 2.19 bits per heavy atom. The minimum absolute atomic E-state index is 0.0398. The van der Waals surface area contributed by atoms with E-state index in [-0.39, 0.29) is 12.1 Å². The molecule has 1 aromatic heterocycles. The number of esters is 1. The molecule has 2 heterocycles. The molecule has 0 atom stereocenters. The van der Waals surface area contributed by atoms with Crippen molar-refractivity contribution in [2.75, 3.05) is 13.2 Å². The van der Waals surface area contributed by atoms with Gasteiger partial charge < -0.3 is 9.47 Å². The Bertz CT molecular complexity index is 377. The van der Waals surface area contributed by atoms with E-state index >= 15 is 0 Å². The maximum Gasteiger partial charge on any atom is 0.357 e. The van der Waals surface area contributed by atoms with E-state index in [9.17, 15) is 4.79 Å². The Morgan fingerprint density at radius 3 is 2.88 bits per heavy atom. The van der Waals surface area contributed by atoms with Crippen molar-refractivity contribution in [2.24, 2.45) is 0 Å². The van der Waals surface area contributed by atoms with Crippen LogP contribution in [0.4, 0.5) is 0 Å². The summed E-state index contributed by atoms with van der Waals surface area (Å²) in [5, 5.41) is 0. The summed E-state index contributed by atoms with van der Waals surface area (Å²) in [7, 11) is 0. The third-order valence-electron chi connectivity index (χ3n) is 2.37. The van der Waals surface area contributed by atoms with Crippen molar-refractivity contribution in [1.29, 1.82) is 0 Å². The van der Waals surface area contributed by atoms with Crippen LogP contribution < -0.4 is 0 Å². The van der Waals surface area contributed by atoms with Gasteiger partial charge in [-0.25, -0.2) is 9.78 Å². The second kappa shape index (κ2) is 5.41. The fraction of sp³-hybridized carbons (Fsp3) is 0.455. The molecule has 0 unspecified atom stereocenters. The van der Waals surface area contributed by atoms with Crippen LogP contribution in [-0.4, -0.2) is 30.3 Å². The first-order valence-corrected chi connectivity index (χ1v) is 5.96. The lowest BCUT2D eigenvalue weighted by Gasteiger charge is -2.21. The Labute approximate surface area is 102 Å². The molecule has 4 nitrogen and oxygen atoms in total. The van der Waals surface area contributed by atoms with E-state index in [4.69, 9.17) is 9.47 Å². The molecule has 0 aliphatic carbocycles. The van der Waals surface area contributed by atoms with Crippen LogP contribution in [0.5, 0.6) is 0 Å². The molecule has 5 heteroatoms. The van der Waals surface area contributed by atoms with Gasteiger partial charge in [-0.05, 0) is 28.1 Å². The Kier molecular flexibility index (Phi) is 3.90. The summed E-state index contributed by atoms with van der Waals surface area (Å²) >= 11 is 3.22. The average Bonchev–Trinajstić information content (AvgIpc) is 2.30. The van der Waals surface area contributed by atoms with Crippen molar-refractivity contribution >= 4 is 21.9 Å². The van der Waals surface area contributed by atoms with Crippen molar-refractivity contribution in [3.05, 3.63) is 28.5 Å². The van der Waals surface area contributed by atoms with Gasteiger partial charge in [0.1, 0.15) is 16.4 Å². The third kappa shape index (κ3) is 3.02. The average molecular weight is 286 g/mol. The molecular formula is C11H12BrNO3. The second-order valence-corrected chi connectivity index (χ2v) is 4.38. The lowest BCUT2D eigenvalue weighted by molar-refractivity contribution is -0.0163. The molecular weight excluding hydrogens is 274 g/mol. The maximum atomic E-state index is 11.7. The van der Waals surface area contributed by atoms with Crippen LogP contribution in [0.1, 0.15) is 23.3 Å². The molecule has 1 saturated heterocycles. The third-order valence-corrected chi connectivity index (χ3v) is 2.81. The number of pyridine rings is 1. The van der Waals surface area contributed by atoms with Gasteiger partial charge in [0.2, 0.25) is 0 Å². The zero-order valence-electron chi connectivity index (χ0n) is 8.69. The highest BCUT2D eigenvalue weighted by Gasteiger charge is 2.19. The highest BCUT2D eigenvalue weighted by molar-refractivity contribution is 9.10. The van der Waals surface area contributed by atoms with Crippen molar-refractivity contribution in [1.82, 2.24) is 4.98 Å². The largest absolute Gasteiger partial charge is 0.457 e. The number of carbonyl (C=O) groups is 1. The van der Waals surface area contributed by atoms with Crippen LogP contribution in [0.15, 0.2) is 22.8 Å². The van der Waals surface area contributed by atoms with E-state index in [0.717, 1.165) is 12.8 Å². The number of rotatable bonds is 2. The van der Waals surface area contributed by atoms with E-state index in [1.807, 2.05) is 0 Å². The van der Waals surface area contributed by atoms with E-state index in [0.29, 0.717) is 23.5 Å². The molecule has 0 saturated carbocycles. The highest BCUT2D eigenvalue weighted by Crippen LogP contribution is 2.13. The number of halogens is 1. The van der Waals surface area contributed by atoms with Gasteiger partial charge in [0.15, 0.2) is 0 Å². The summed E-state index contributed by atoms with van der Waals surface area (Å²) < 4.78 is 11.2. The summed E-state index contributed by atoms with van der Waals surface area (Å²) in [6, 6.07) is 5.18. The van der Waals surface area contributed by atoms with Crippen LogP contribution in [0.2, 0.25) is 0 Å². The minimum Gasteiger partial charge on any atom is -0.457 e. The summed E-state index contributed by atoms with van der Waals surface area (Å²) in [6.45, 7) is 1.31. The molecule has 0 spiro atoms. The molecule has 1 aromatic rings. The minimum atomic E-state index is -0.367. The molecule has 1 aliphatic heterocycles. The molecule has 2 rings (SSSR count). The van der Waals surface area contributed by atoms with Crippen molar-refractivity contribution in [2.45, 2.75) is 18.9 Å². The van der Waals surface area contributed by atoms with Gasteiger partial charge in [0.25, 0.3) is 0 Å². The van der Waals surface area contributed by atoms with Gasteiger partial charge in [0, 0.05) is 12.8 Å². The fourth-order valence-corrected chi connectivity index (χ4v) is 1.87. The topological polar surface area (TPSA) is 48.4 Å². The number of aromatic nitrogens is 1. The van der Waals surface area contributed by atoms with Gasteiger partial charge in [-0.15, -0.1) is 0 Å². The fourth-order valence-electron chi connectivity index (χ4n) is 1.53. The molecule has 16 heavy (non-hydrogen) atoms. The van der Waals surface area contributed by atoms with Crippen LogP contribution in [0.3, 0.4) is 0 Å². The quantitative estimate of drug-likeness (QED) is 0.617. The smallest absolute Gasteiger partial charge is 0.357 e. The van der Waals surface area contributed by atoms with E-state index in [1.165, 1.54) is 0 Å². The molecule has 0 aromatic carbocycles. The predicted octanol–water partition coefficient (Wildman–Crippen LogP) is 2.18. The van der Waals surface area contributed by atoms with Gasteiger partial charge >= 0.3 is 5.97 Å².